The standard InChI is InChI=1S/C29H28F2N2O4/c1-4-32(5-2)20-12-10-18(11-13-20)26-25(27(34)19-8-7-9-22(16-19)37-6-3)28(35)29(36)33(26)21-14-15-23(30)24(31)17-21/h7-17,26,34H,4-6H2,1-3H3/b27-25+. The van der Waals surface area contributed by atoms with Crippen molar-refractivity contribution < 1.29 is 28.2 Å². The maximum atomic E-state index is 14.2. The fraction of sp³-hybridized carbons (Fsp3) is 0.241. The SMILES string of the molecule is CCOc1cccc(/C(O)=C2\C(=O)C(=O)N(c3ccc(F)c(F)c3)C2c2ccc(N(CC)CC)cc2)c1. The molecule has 6 nitrogen and oxygen atoms in total. The number of Topliss-reactive ketones (excluding diaryl/α,β-unsaturated/α-hetero) is 1. The van der Waals surface area contributed by atoms with Crippen molar-refractivity contribution in [3.05, 3.63) is 95.1 Å². The summed E-state index contributed by atoms with van der Waals surface area (Å²) in [5, 5.41) is 11.3. The van der Waals surface area contributed by atoms with E-state index < -0.39 is 29.4 Å². The van der Waals surface area contributed by atoms with Gasteiger partial charge in [0.25, 0.3) is 11.7 Å². The van der Waals surface area contributed by atoms with Crippen LogP contribution in [-0.4, -0.2) is 36.5 Å². The number of hydrogen-bond acceptors (Lipinski definition) is 5. The summed E-state index contributed by atoms with van der Waals surface area (Å²) < 4.78 is 33.4. The Labute approximate surface area is 214 Å². The summed E-state index contributed by atoms with van der Waals surface area (Å²) >= 11 is 0. The molecule has 0 saturated carbocycles. The number of carbonyl (C=O) groups excluding carboxylic acids is 2. The average molecular weight is 507 g/mol. The molecule has 4 rings (SSSR count). The van der Waals surface area contributed by atoms with Crippen molar-refractivity contribution in [3.63, 3.8) is 0 Å². The minimum atomic E-state index is -1.15. The zero-order valence-electron chi connectivity index (χ0n) is 20.9. The second-order valence-corrected chi connectivity index (χ2v) is 8.49. The Morgan fingerprint density at radius 2 is 1.65 bits per heavy atom. The lowest BCUT2D eigenvalue weighted by Crippen LogP contribution is -2.29. The van der Waals surface area contributed by atoms with Crippen molar-refractivity contribution in [1.82, 2.24) is 0 Å². The van der Waals surface area contributed by atoms with E-state index in [9.17, 15) is 23.5 Å². The molecule has 1 saturated heterocycles. The number of carbonyl (C=O) groups is 2. The predicted molar refractivity (Wildman–Crippen MR) is 139 cm³/mol. The third-order valence-electron chi connectivity index (χ3n) is 6.38. The van der Waals surface area contributed by atoms with Crippen LogP contribution in [0.4, 0.5) is 20.2 Å². The summed E-state index contributed by atoms with van der Waals surface area (Å²) in [6.07, 6.45) is 0. The fourth-order valence-corrected chi connectivity index (χ4v) is 4.56. The summed E-state index contributed by atoms with van der Waals surface area (Å²) in [7, 11) is 0. The molecule has 1 amide bonds. The highest BCUT2D eigenvalue weighted by molar-refractivity contribution is 6.51. The number of ketones is 1. The first-order valence-corrected chi connectivity index (χ1v) is 12.1. The molecule has 37 heavy (non-hydrogen) atoms. The van der Waals surface area contributed by atoms with Gasteiger partial charge in [-0.25, -0.2) is 8.78 Å². The van der Waals surface area contributed by atoms with Gasteiger partial charge in [0.15, 0.2) is 11.6 Å². The zero-order chi connectivity index (χ0) is 26.7. The largest absolute Gasteiger partial charge is 0.507 e. The molecule has 1 unspecified atom stereocenters. The lowest BCUT2D eigenvalue weighted by atomic mass is 9.94. The molecule has 0 aliphatic carbocycles. The molecular formula is C29H28F2N2O4. The van der Waals surface area contributed by atoms with E-state index >= 15 is 0 Å². The fourth-order valence-electron chi connectivity index (χ4n) is 4.56. The van der Waals surface area contributed by atoms with Crippen LogP contribution in [0.1, 0.15) is 37.9 Å². The van der Waals surface area contributed by atoms with E-state index in [2.05, 4.69) is 4.90 Å². The molecule has 3 aromatic rings. The van der Waals surface area contributed by atoms with Gasteiger partial charge in [-0.1, -0.05) is 24.3 Å². The van der Waals surface area contributed by atoms with Crippen molar-refractivity contribution in [2.45, 2.75) is 26.8 Å². The number of anilines is 2. The molecule has 192 valence electrons. The van der Waals surface area contributed by atoms with Gasteiger partial charge < -0.3 is 14.7 Å². The lowest BCUT2D eigenvalue weighted by molar-refractivity contribution is -0.132. The maximum Gasteiger partial charge on any atom is 0.300 e. The summed E-state index contributed by atoms with van der Waals surface area (Å²) in [5.41, 5.74) is 1.62. The van der Waals surface area contributed by atoms with Gasteiger partial charge >= 0.3 is 0 Å². The Morgan fingerprint density at radius 1 is 0.946 bits per heavy atom. The van der Waals surface area contributed by atoms with Gasteiger partial charge in [0.1, 0.15) is 11.5 Å². The van der Waals surface area contributed by atoms with Crippen molar-refractivity contribution in [2.24, 2.45) is 0 Å². The predicted octanol–water partition coefficient (Wildman–Crippen LogP) is 5.84. The number of nitrogens with zero attached hydrogens (tertiary/aromatic N) is 2. The van der Waals surface area contributed by atoms with Crippen LogP contribution in [0.2, 0.25) is 0 Å². The van der Waals surface area contributed by atoms with Gasteiger partial charge in [0.05, 0.1) is 18.2 Å². The monoisotopic (exact) mass is 506 g/mol. The molecule has 1 aliphatic rings. The molecular weight excluding hydrogens is 478 g/mol. The van der Waals surface area contributed by atoms with Crippen LogP contribution < -0.4 is 14.5 Å². The third kappa shape index (κ3) is 4.91. The molecule has 1 aliphatic heterocycles. The molecule has 8 heteroatoms. The van der Waals surface area contributed by atoms with Crippen molar-refractivity contribution in [3.8, 4) is 5.75 Å². The van der Waals surface area contributed by atoms with Gasteiger partial charge in [0, 0.05) is 36.1 Å². The van der Waals surface area contributed by atoms with Gasteiger partial charge in [0.2, 0.25) is 0 Å². The second kappa shape index (κ2) is 10.8. The normalized spacial score (nSPS) is 16.8. The Hall–Kier alpha value is -4.20. The van der Waals surface area contributed by atoms with Gasteiger partial charge in [-0.15, -0.1) is 0 Å². The Kier molecular flexibility index (Phi) is 7.57. The smallest absolute Gasteiger partial charge is 0.300 e. The number of aliphatic hydroxyl groups is 1. The van der Waals surface area contributed by atoms with E-state index in [4.69, 9.17) is 4.74 Å². The van der Waals surface area contributed by atoms with E-state index in [-0.39, 0.29) is 17.0 Å². The van der Waals surface area contributed by atoms with Crippen molar-refractivity contribution in [2.75, 3.05) is 29.5 Å². The summed E-state index contributed by atoms with van der Waals surface area (Å²) in [6, 6.07) is 15.7. The van der Waals surface area contributed by atoms with Crippen LogP contribution in [0, 0.1) is 11.6 Å². The maximum absolute atomic E-state index is 14.2. The van der Waals surface area contributed by atoms with E-state index in [0.717, 1.165) is 35.8 Å². The van der Waals surface area contributed by atoms with E-state index in [1.54, 1.807) is 36.4 Å². The van der Waals surface area contributed by atoms with Crippen LogP contribution in [0.15, 0.2) is 72.3 Å². The number of aliphatic hydroxyl groups excluding tert-OH is 1. The molecule has 3 aromatic carbocycles. The lowest BCUT2D eigenvalue weighted by Gasteiger charge is -2.27. The number of rotatable bonds is 8. The quantitative estimate of drug-likeness (QED) is 0.236. The molecule has 1 N–H and O–H groups in total. The van der Waals surface area contributed by atoms with Crippen LogP contribution in [0.25, 0.3) is 5.76 Å². The first kappa shape index (κ1) is 25.9. The Bertz CT molecular complexity index is 1350. The molecule has 1 fully saturated rings. The van der Waals surface area contributed by atoms with Crippen molar-refractivity contribution in [1.29, 1.82) is 0 Å². The summed E-state index contributed by atoms with van der Waals surface area (Å²) in [5.74, 6) is -4.01. The molecule has 1 atom stereocenters. The Balaban J connectivity index is 1.90. The van der Waals surface area contributed by atoms with Gasteiger partial charge in [-0.3, -0.25) is 14.5 Å². The molecule has 0 bridgehead atoms. The van der Waals surface area contributed by atoms with E-state index in [1.165, 1.54) is 6.07 Å². The van der Waals surface area contributed by atoms with Crippen LogP contribution in [0.5, 0.6) is 5.75 Å². The minimum Gasteiger partial charge on any atom is -0.507 e. The number of amides is 1. The van der Waals surface area contributed by atoms with Crippen molar-refractivity contribution >= 4 is 28.8 Å². The molecule has 0 radical (unpaired) electrons. The minimum absolute atomic E-state index is 0.000867. The molecule has 0 aromatic heterocycles. The van der Waals surface area contributed by atoms with E-state index in [0.29, 0.717) is 23.5 Å². The molecule has 1 heterocycles. The van der Waals surface area contributed by atoms with Crippen LogP contribution >= 0.6 is 0 Å². The highest BCUT2D eigenvalue weighted by Crippen LogP contribution is 2.43. The average Bonchev–Trinajstić information content (AvgIpc) is 3.17. The van der Waals surface area contributed by atoms with E-state index in [1.807, 2.05) is 32.9 Å². The van der Waals surface area contributed by atoms with Crippen LogP contribution in [-0.2, 0) is 9.59 Å². The third-order valence-corrected chi connectivity index (χ3v) is 6.38. The van der Waals surface area contributed by atoms with Gasteiger partial charge in [-0.05, 0) is 62.7 Å². The van der Waals surface area contributed by atoms with Crippen LogP contribution in [0.3, 0.4) is 0 Å². The zero-order valence-corrected chi connectivity index (χ0v) is 20.9. The van der Waals surface area contributed by atoms with Gasteiger partial charge in [-0.2, -0.15) is 0 Å². The number of ether oxygens (including phenoxy) is 1. The number of benzene rings is 3. The number of hydrogen-bond donors (Lipinski definition) is 1. The summed E-state index contributed by atoms with van der Waals surface area (Å²) in [4.78, 5) is 29.8. The number of halogens is 2. The first-order chi connectivity index (χ1) is 17.8. The summed E-state index contributed by atoms with van der Waals surface area (Å²) in [6.45, 7) is 7.88. The highest BCUT2D eigenvalue weighted by atomic mass is 19.2. The first-order valence-electron chi connectivity index (χ1n) is 12.1. The highest BCUT2D eigenvalue weighted by Gasteiger charge is 2.47. The molecule has 0 spiro atoms. The Morgan fingerprint density at radius 3 is 2.27 bits per heavy atom. The topological polar surface area (TPSA) is 70.1 Å². The second-order valence-electron chi connectivity index (χ2n) is 8.49.